The second-order valence-electron chi connectivity index (χ2n) is 5.43. The second-order valence-corrected chi connectivity index (χ2v) is 6.19. The molecular formula is C12H24INO2. The van der Waals surface area contributed by atoms with Gasteiger partial charge in [-0.25, -0.2) is 0 Å². The molecule has 0 aromatic rings. The van der Waals surface area contributed by atoms with Gasteiger partial charge in [-0.3, -0.25) is 8.32 Å². The number of Topliss-reactive ketones (excluding diaryl/α,β-unsaturated/α-hetero) is 1. The molecule has 16 heavy (non-hydrogen) atoms. The van der Waals surface area contributed by atoms with Gasteiger partial charge in [0.1, 0.15) is 5.78 Å². The third kappa shape index (κ3) is 6.81. The summed E-state index contributed by atoms with van der Waals surface area (Å²) in [4.78, 5) is 11.3. The summed E-state index contributed by atoms with van der Waals surface area (Å²) in [6, 6.07) is 0. The Hall–Kier alpha value is 0.320. The Morgan fingerprint density at radius 1 is 1.25 bits per heavy atom. The van der Waals surface area contributed by atoms with E-state index in [0.29, 0.717) is 6.61 Å². The van der Waals surface area contributed by atoms with Gasteiger partial charge >= 0.3 is 0 Å². The average Bonchev–Trinajstić information content (AvgIpc) is 2.14. The maximum atomic E-state index is 11.3. The summed E-state index contributed by atoms with van der Waals surface area (Å²) in [7, 11) is 0. The van der Waals surface area contributed by atoms with Crippen LogP contribution in [0.25, 0.3) is 0 Å². The van der Waals surface area contributed by atoms with E-state index in [1.54, 1.807) is 6.92 Å². The molecule has 0 rings (SSSR count). The largest absolute Gasteiger partial charge is 0.375 e. The Labute approximate surface area is 113 Å². The predicted octanol–water partition coefficient (Wildman–Crippen LogP) is 3.12. The lowest BCUT2D eigenvalue weighted by atomic mass is 9.86. The van der Waals surface area contributed by atoms with E-state index in [2.05, 4.69) is 40.2 Å². The normalized spacial score (nSPS) is 12.9. The van der Waals surface area contributed by atoms with Crippen molar-refractivity contribution >= 4 is 28.6 Å². The number of nitrogens with one attached hydrogen (secondary N) is 1. The minimum atomic E-state index is -0.266. The minimum absolute atomic E-state index is 0.120. The molecule has 0 atom stereocenters. The van der Waals surface area contributed by atoms with Crippen LogP contribution in [-0.4, -0.2) is 24.5 Å². The van der Waals surface area contributed by atoms with E-state index in [1.165, 1.54) is 0 Å². The van der Waals surface area contributed by atoms with Gasteiger partial charge in [0.2, 0.25) is 0 Å². The third-order valence-electron chi connectivity index (χ3n) is 2.99. The van der Waals surface area contributed by atoms with Crippen molar-refractivity contribution in [2.75, 3.05) is 13.2 Å². The van der Waals surface area contributed by atoms with Crippen molar-refractivity contribution < 1.29 is 9.53 Å². The lowest BCUT2D eigenvalue weighted by molar-refractivity contribution is -0.126. The van der Waals surface area contributed by atoms with Gasteiger partial charge in [-0.05, 0) is 33.6 Å². The van der Waals surface area contributed by atoms with Crippen molar-refractivity contribution in [3.05, 3.63) is 0 Å². The molecule has 0 fully saturated rings. The van der Waals surface area contributed by atoms with Gasteiger partial charge in [0.15, 0.2) is 0 Å². The lowest BCUT2D eigenvalue weighted by Crippen LogP contribution is -2.31. The van der Waals surface area contributed by atoms with Gasteiger partial charge < -0.3 is 4.74 Å². The fraction of sp³-hybridized carbons (Fsp3) is 0.917. The van der Waals surface area contributed by atoms with E-state index < -0.39 is 0 Å². The van der Waals surface area contributed by atoms with Gasteiger partial charge in [-0.1, -0.05) is 13.8 Å². The van der Waals surface area contributed by atoms with Crippen LogP contribution in [-0.2, 0) is 9.53 Å². The number of ketones is 1. The van der Waals surface area contributed by atoms with Crippen LogP contribution in [0.2, 0.25) is 0 Å². The predicted molar refractivity (Wildman–Crippen MR) is 75.7 cm³/mol. The highest BCUT2D eigenvalue weighted by Crippen LogP contribution is 2.23. The van der Waals surface area contributed by atoms with Crippen molar-refractivity contribution in [1.82, 2.24) is 3.53 Å². The highest BCUT2D eigenvalue weighted by atomic mass is 127. The molecule has 0 radical (unpaired) electrons. The molecule has 0 saturated carbocycles. The summed E-state index contributed by atoms with van der Waals surface area (Å²) in [5, 5.41) is 0. The number of rotatable bonds is 8. The molecule has 0 amide bonds. The fourth-order valence-corrected chi connectivity index (χ4v) is 1.45. The first-order valence-electron chi connectivity index (χ1n) is 5.70. The molecule has 0 bridgehead atoms. The summed E-state index contributed by atoms with van der Waals surface area (Å²) in [5.74, 6) is 0.225. The quantitative estimate of drug-likeness (QED) is 0.545. The van der Waals surface area contributed by atoms with Crippen LogP contribution in [0.3, 0.4) is 0 Å². The van der Waals surface area contributed by atoms with Crippen LogP contribution in [0, 0.1) is 5.41 Å². The SMILES string of the molecule is CC(=O)C(C)(C)CCOC(C)(C)CCNI. The van der Waals surface area contributed by atoms with E-state index >= 15 is 0 Å². The van der Waals surface area contributed by atoms with E-state index in [-0.39, 0.29) is 16.8 Å². The zero-order valence-electron chi connectivity index (χ0n) is 11.0. The number of halogens is 1. The molecule has 0 heterocycles. The van der Waals surface area contributed by atoms with Gasteiger partial charge in [0, 0.05) is 41.4 Å². The van der Waals surface area contributed by atoms with E-state index in [9.17, 15) is 4.79 Å². The molecule has 0 unspecified atom stereocenters. The zero-order valence-corrected chi connectivity index (χ0v) is 13.2. The van der Waals surface area contributed by atoms with Gasteiger partial charge in [0.05, 0.1) is 5.60 Å². The van der Waals surface area contributed by atoms with E-state index in [0.717, 1.165) is 19.4 Å². The van der Waals surface area contributed by atoms with Crippen LogP contribution < -0.4 is 3.53 Å². The van der Waals surface area contributed by atoms with Gasteiger partial charge in [0.25, 0.3) is 0 Å². The molecule has 0 aromatic carbocycles. The summed E-state index contributed by atoms with van der Waals surface area (Å²) in [5.41, 5.74) is -0.386. The lowest BCUT2D eigenvalue weighted by Gasteiger charge is -2.28. The highest BCUT2D eigenvalue weighted by Gasteiger charge is 2.25. The Balaban J connectivity index is 3.93. The first kappa shape index (κ1) is 16.3. The number of carbonyl (C=O) groups is 1. The number of hydrogen-bond donors (Lipinski definition) is 1. The third-order valence-corrected chi connectivity index (χ3v) is 3.53. The standard InChI is InChI=1S/C12H24INO2/c1-10(15)11(2,3)7-9-16-12(4,5)6-8-14-13/h14H,6-9H2,1-5H3. The minimum Gasteiger partial charge on any atom is -0.375 e. The Kier molecular flexibility index (Phi) is 7.05. The molecule has 4 heteroatoms. The summed E-state index contributed by atoms with van der Waals surface area (Å²) < 4.78 is 8.91. The first-order chi connectivity index (χ1) is 7.21. The Morgan fingerprint density at radius 2 is 1.81 bits per heavy atom. The van der Waals surface area contributed by atoms with Crippen molar-refractivity contribution in [3.63, 3.8) is 0 Å². The molecule has 3 nitrogen and oxygen atoms in total. The fourth-order valence-electron chi connectivity index (χ4n) is 1.18. The molecule has 0 aliphatic carbocycles. The first-order valence-corrected chi connectivity index (χ1v) is 6.78. The van der Waals surface area contributed by atoms with Crippen LogP contribution in [0.1, 0.15) is 47.5 Å². The van der Waals surface area contributed by atoms with Crippen LogP contribution in [0.4, 0.5) is 0 Å². The van der Waals surface area contributed by atoms with Crippen molar-refractivity contribution in [2.24, 2.45) is 5.41 Å². The zero-order chi connectivity index (χ0) is 12.8. The molecule has 0 spiro atoms. The molecule has 0 aromatic heterocycles. The molecule has 1 N–H and O–H groups in total. The summed E-state index contributed by atoms with van der Waals surface area (Å²) in [6.45, 7) is 11.3. The number of hydrogen-bond acceptors (Lipinski definition) is 3. The highest BCUT2D eigenvalue weighted by molar-refractivity contribution is 14.1. The van der Waals surface area contributed by atoms with Gasteiger partial charge in [-0.15, -0.1) is 0 Å². The van der Waals surface area contributed by atoms with Gasteiger partial charge in [-0.2, -0.15) is 0 Å². The summed E-state index contributed by atoms with van der Waals surface area (Å²) >= 11 is 2.14. The molecular weight excluding hydrogens is 317 g/mol. The smallest absolute Gasteiger partial charge is 0.135 e. The van der Waals surface area contributed by atoms with Crippen molar-refractivity contribution in [2.45, 2.75) is 53.1 Å². The van der Waals surface area contributed by atoms with Crippen LogP contribution >= 0.6 is 22.9 Å². The maximum absolute atomic E-state index is 11.3. The molecule has 0 aliphatic rings. The monoisotopic (exact) mass is 341 g/mol. The Bertz CT molecular complexity index is 227. The average molecular weight is 341 g/mol. The van der Waals surface area contributed by atoms with E-state index in [1.807, 2.05) is 13.8 Å². The maximum Gasteiger partial charge on any atom is 0.135 e. The molecule has 0 saturated heterocycles. The van der Waals surface area contributed by atoms with E-state index in [4.69, 9.17) is 4.74 Å². The van der Waals surface area contributed by atoms with Crippen LogP contribution in [0.5, 0.6) is 0 Å². The summed E-state index contributed by atoms with van der Waals surface area (Å²) in [6.07, 6.45) is 1.75. The van der Waals surface area contributed by atoms with Crippen molar-refractivity contribution in [1.29, 1.82) is 0 Å². The molecule has 96 valence electrons. The topological polar surface area (TPSA) is 38.3 Å². The Morgan fingerprint density at radius 3 is 2.25 bits per heavy atom. The van der Waals surface area contributed by atoms with Crippen LogP contribution in [0.15, 0.2) is 0 Å². The second kappa shape index (κ2) is 6.91. The number of carbonyl (C=O) groups excluding carboxylic acids is 1. The number of ether oxygens (including phenoxy) is 1. The molecule has 0 aliphatic heterocycles. The van der Waals surface area contributed by atoms with Crippen molar-refractivity contribution in [3.8, 4) is 0 Å².